The van der Waals surface area contributed by atoms with E-state index in [1.165, 1.54) is 0 Å². The van der Waals surface area contributed by atoms with E-state index >= 15 is 0 Å². The minimum atomic E-state index is -0.0736. The van der Waals surface area contributed by atoms with E-state index in [1.807, 2.05) is 77.4 Å². The van der Waals surface area contributed by atoms with Gasteiger partial charge >= 0.3 is 0 Å². The van der Waals surface area contributed by atoms with Gasteiger partial charge < -0.3 is 10.1 Å². The average Bonchev–Trinajstić information content (AvgIpc) is 3.18. The molecule has 5 nitrogen and oxygen atoms in total. The maximum atomic E-state index is 12.4. The maximum Gasteiger partial charge on any atom is 0.251 e. The number of hydrogen-bond donors (Lipinski definition) is 1. The van der Waals surface area contributed by atoms with Gasteiger partial charge in [-0.15, -0.1) is 0 Å². The smallest absolute Gasteiger partial charge is 0.251 e. The summed E-state index contributed by atoms with van der Waals surface area (Å²) in [5.41, 5.74) is 4.76. The highest BCUT2D eigenvalue weighted by Crippen LogP contribution is 2.18. The summed E-state index contributed by atoms with van der Waals surface area (Å²) in [7, 11) is 1.65. The lowest BCUT2D eigenvalue weighted by atomic mass is 10.1. The monoisotopic (exact) mass is 371 g/mol. The van der Waals surface area contributed by atoms with E-state index in [9.17, 15) is 4.79 Å². The zero-order valence-electron chi connectivity index (χ0n) is 15.6. The summed E-state index contributed by atoms with van der Waals surface area (Å²) in [5.74, 6) is 0.758. The number of ether oxygens (including phenoxy) is 1. The van der Waals surface area contributed by atoms with E-state index in [0.717, 1.165) is 34.5 Å². The zero-order chi connectivity index (χ0) is 19.3. The molecular weight excluding hydrogens is 350 g/mol. The Morgan fingerprint density at radius 1 is 1.00 bits per heavy atom. The van der Waals surface area contributed by atoms with Crippen molar-refractivity contribution in [2.75, 3.05) is 13.7 Å². The molecule has 4 rings (SSSR count). The average molecular weight is 371 g/mol. The molecule has 0 atom stereocenters. The second kappa shape index (κ2) is 7.96. The minimum absolute atomic E-state index is 0.0736. The normalized spacial score (nSPS) is 10.8. The molecule has 140 valence electrons. The molecule has 0 radical (unpaired) electrons. The third-order valence-corrected chi connectivity index (χ3v) is 4.72. The van der Waals surface area contributed by atoms with Crippen molar-refractivity contribution in [1.82, 2.24) is 14.9 Å². The van der Waals surface area contributed by atoms with Crippen LogP contribution in [0.15, 0.2) is 79.1 Å². The first-order valence-electron chi connectivity index (χ1n) is 9.18. The van der Waals surface area contributed by atoms with Gasteiger partial charge in [0.25, 0.3) is 5.91 Å². The van der Waals surface area contributed by atoms with Crippen LogP contribution in [0.4, 0.5) is 0 Å². The molecule has 0 bridgehead atoms. The van der Waals surface area contributed by atoms with E-state index in [1.54, 1.807) is 13.4 Å². The Labute approximate surface area is 163 Å². The van der Waals surface area contributed by atoms with Crippen LogP contribution in [-0.4, -0.2) is 29.1 Å². The van der Waals surface area contributed by atoms with Crippen molar-refractivity contribution in [3.8, 4) is 11.4 Å². The molecule has 1 amide bonds. The molecule has 0 aliphatic rings. The van der Waals surface area contributed by atoms with Gasteiger partial charge in [-0.1, -0.05) is 24.3 Å². The van der Waals surface area contributed by atoms with Gasteiger partial charge in [0.2, 0.25) is 0 Å². The number of nitrogens with zero attached hydrogens (tertiary/aromatic N) is 2. The Kier molecular flexibility index (Phi) is 5.06. The van der Waals surface area contributed by atoms with Gasteiger partial charge in [-0.2, -0.15) is 0 Å². The number of imidazole rings is 1. The molecule has 1 N–H and O–H groups in total. The molecule has 0 spiro atoms. The molecule has 5 heteroatoms. The number of aromatic nitrogens is 2. The Morgan fingerprint density at radius 3 is 2.50 bits per heavy atom. The molecule has 3 aromatic carbocycles. The maximum absolute atomic E-state index is 12.4. The predicted octanol–water partition coefficient (Wildman–Crippen LogP) is 4.01. The number of amides is 1. The second-order valence-electron chi connectivity index (χ2n) is 6.50. The van der Waals surface area contributed by atoms with Crippen LogP contribution in [0.3, 0.4) is 0 Å². The Morgan fingerprint density at radius 2 is 1.75 bits per heavy atom. The third kappa shape index (κ3) is 3.74. The van der Waals surface area contributed by atoms with Crippen molar-refractivity contribution in [3.63, 3.8) is 0 Å². The van der Waals surface area contributed by atoms with Crippen LogP contribution >= 0.6 is 0 Å². The van der Waals surface area contributed by atoms with Gasteiger partial charge in [0, 0.05) is 17.8 Å². The van der Waals surface area contributed by atoms with Crippen LogP contribution < -0.4 is 10.1 Å². The molecule has 1 heterocycles. The van der Waals surface area contributed by atoms with Crippen molar-refractivity contribution in [2.45, 2.75) is 6.42 Å². The summed E-state index contributed by atoms with van der Waals surface area (Å²) < 4.78 is 7.17. The van der Waals surface area contributed by atoms with Gasteiger partial charge in [-0.05, 0) is 60.5 Å². The minimum Gasteiger partial charge on any atom is -0.497 e. The van der Waals surface area contributed by atoms with Gasteiger partial charge in [-0.25, -0.2) is 4.98 Å². The lowest BCUT2D eigenvalue weighted by Gasteiger charge is -2.08. The topological polar surface area (TPSA) is 56.1 Å². The summed E-state index contributed by atoms with van der Waals surface area (Å²) in [4.78, 5) is 16.8. The number of hydrogen-bond acceptors (Lipinski definition) is 3. The van der Waals surface area contributed by atoms with Gasteiger partial charge in [0.1, 0.15) is 12.1 Å². The Balaban J connectivity index is 1.38. The quantitative estimate of drug-likeness (QED) is 0.557. The summed E-state index contributed by atoms with van der Waals surface area (Å²) in [6.07, 6.45) is 2.57. The fourth-order valence-corrected chi connectivity index (χ4v) is 3.15. The van der Waals surface area contributed by atoms with Gasteiger partial charge in [-0.3, -0.25) is 9.36 Å². The fraction of sp³-hybridized carbons (Fsp3) is 0.130. The summed E-state index contributed by atoms with van der Waals surface area (Å²) in [6, 6.07) is 23.4. The van der Waals surface area contributed by atoms with Crippen molar-refractivity contribution in [3.05, 3.63) is 90.3 Å². The number of methoxy groups -OCH3 is 1. The van der Waals surface area contributed by atoms with Crippen LogP contribution in [0.1, 0.15) is 15.9 Å². The van der Waals surface area contributed by atoms with Crippen LogP contribution in [0.5, 0.6) is 5.75 Å². The molecule has 1 aromatic heterocycles. The Hall–Kier alpha value is -3.60. The van der Waals surface area contributed by atoms with E-state index in [-0.39, 0.29) is 5.91 Å². The summed E-state index contributed by atoms with van der Waals surface area (Å²) in [5, 5.41) is 2.97. The number of fused-ring (bicyclic) bond motifs is 1. The summed E-state index contributed by atoms with van der Waals surface area (Å²) in [6.45, 7) is 0.582. The van der Waals surface area contributed by atoms with Crippen LogP contribution in [0.2, 0.25) is 0 Å². The largest absolute Gasteiger partial charge is 0.497 e. The standard InChI is InChI=1S/C23H21N3O2/c1-28-20-12-6-17(7-13-20)14-15-24-23(27)18-8-10-19(11-9-18)26-16-25-21-4-2-3-5-22(21)26/h2-13,16H,14-15H2,1H3,(H,24,27). The predicted molar refractivity (Wildman–Crippen MR) is 110 cm³/mol. The first kappa shape index (κ1) is 17.8. The molecule has 0 fully saturated rings. The summed E-state index contributed by atoms with van der Waals surface area (Å²) >= 11 is 0. The molecule has 0 aliphatic carbocycles. The molecular formula is C23H21N3O2. The Bertz CT molecular complexity index is 1080. The number of benzene rings is 3. The molecule has 0 aliphatic heterocycles. The van der Waals surface area contributed by atoms with Gasteiger partial charge in [0.05, 0.1) is 18.1 Å². The number of carbonyl (C=O) groups is 1. The number of para-hydroxylation sites is 2. The fourth-order valence-electron chi connectivity index (χ4n) is 3.15. The highest BCUT2D eigenvalue weighted by atomic mass is 16.5. The number of rotatable bonds is 6. The number of nitrogens with one attached hydrogen (secondary N) is 1. The van der Waals surface area contributed by atoms with Crippen LogP contribution in [0.25, 0.3) is 16.7 Å². The molecule has 4 aromatic rings. The van der Waals surface area contributed by atoms with Crippen LogP contribution in [-0.2, 0) is 6.42 Å². The van der Waals surface area contributed by atoms with Crippen molar-refractivity contribution in [2.24, 2.45) is 0 Å². The van der Waals surface area contributed by atoms with E-state index in [0.29, 0.717) is 12.1 Å². The van der Waals surface area contributed by atoms with Crippen molar-refractivity contribution in [1.29, 1.82) is 0 Å². The van der Waals surface area contributed by atoms with Crippen molar-refractivity contribution >= 4 is 16.9 Å². The zero-order valence-corrected chi connectivity index (χ0v) is 15.6. The van der Waals surface area contributed by atoms with E-state index in [2.05, 4.69) is 10.3 Å². The lowest BCUT2D eigenvalue weighted by Crippen LogP contribution is -2.25. The molecule has 0 unspecified atom stereocenters. The first-order chi connectivity index (χ1) is 13.7. The highest BCUT2D eigenvalue weighted by molar-refractivity contribution is 5.94. The molecule has 28 heavy (non-hydrogen) atoms. The van der Waals surface area contributed by atoms with E-state index in [4.69, 9.17) is 4.74 Å². The van der Waals surface area contributed by atoms with Crippen molar-refractivity contribution < 1.29 is 9.53 Å². The van der Waals surface area contributed by atoms with E-state index < -0.39 is 0 Å². The SMILES string of the molecule is COc1ccc(CCNC(=O)c2ccc(-n3cnc4ccccc43)cc2)cc1. The molecule has 0 saturated carbocycles. The third-order valence-electron chi connectivity index (χ3n) is 4.72. The first-order valence-corrected chi connectivity index (χ1v) is 9.18. The van der Waals surface area contributed by atoms with Gasteiger partial charge in [0.15, 0.2) is 0 Å². The highest BCUT2D eigenvalue weighted by Gasteiger charge is 2.07. The molecule has 0 saturated heterocycles. The number of carbonyl (C=O) groups excluding carboxylic acids is 1. The van der Waals surface area contributed by atoms with Crippen LogP contribution in [0, 0.1) is 0 Å². The second-order valence-corrected chi connectivity index (χ2v) is 6.50. The lowest BCUT2D eigenvalue weighted by molar-refractivity contribution is 0.0954.